The number of H-pyrrole nitrogens is 1. The molecule has 1 fully saturated rings. The molecular weight excluding hydrogens is 446 g/mol. The largest absolute Gasteiger partial charge is 0.354 e. The van der Waals surface area contributed by atoms with Crippen molar-refractivity contribution in [3.8, 4) is 11.3 Å². The van der Waals surface area contributed by atoms with Gasteiger partial charge in [0, 0.05) is 27.6 Å². The van der Waals surface area contributed by atoms with E-state index in [0.717, 1.165) is 43.4 Å². The summed E-state index contributed by atoms with van der Waals surface area (Å²) >= 11 is 9.58. The van der Waals surface area contributed by atoms with Gasteiger partial charge < -0.3 is 4.98 Å². The molecule has 4 rings (SSSR count). The van der Waals surface area contributed by atoms with E-state index in [1.165, 1.54) is 44.1 Å². The topological polar surface area (TPSA) is 56.9 Å². The number of hydrogen-bond acceptors (Lipinski definition) is 4. The van der Waals surface area contributed by atoms with E-state index in [2.05, 4.69) is 32.6 Å². The second kappa shape index (κ2) is 10.8. The van der Waals surface area contributed by atoms with Crippen LogP contribution in [0.1, 0.15) is 44.6 Å². The average molecular weight is 474 g/mol. The molecule has 0 unspecified atom stereocenters. The van der Waals surface area contributed by atoms with Crippen LogP contribution in [0.15, 0.2) is 47.4 Å². The summed E-state index contributed by atoms with van der Waals surface area (Å²) in [6, 6.07) is 14.8. The third-order valence-electron chi connectivity index (χ3n) is 5.64. The summed E-state index contributed by atoms with van der Waals surface area (Å²) in [7, 11) is 0. The van der Waals surface area contributed by atoms with Crippen LogP contribution in [0, 0.1) is 0 Å². The van der Waals surface area contributed by atoms with Crippen molar-refractivity contribution < 1.29 is 4.79 Å². The van der Waals surface area contributed by atoms with Crippen molar-refractivity contribution in [2.24, 2.45) is 0 Å². The van der Waals surface area contributed by atoms with Gasteiger partial charge in [-0.25, -0.2) is 0 Å². The van der Waals surface area contributed by atoms with Gasteiger partial charge in [-0.1, -0.05) is 74.0 Å². The molecular formula is C24H28ClN3OS2. The molecule has 4 nitrogen and oxygen atoms in total. The number of rotatable bonds is 8. The van der Waals surface area contributed by atoms with Crippen molar-refractivity contribution in [3.05, 3.63) is 53.1 Å². The number of aromatic amines is 1. The van der Waals surface area contributed by atoms with Crippen LogP contribution < -0.4 is 9.44 Å². The van der Waals surface area contributed by atoms with Gasteiger partial charge in [0.1, 0.15) is 0 Å². The molecule has 1 amide bonds. The SMILES string of the molecule is CCSNC(=O)Cc1c(-c2ccc(Cl)c(SNC3CCCCC3)c2)[nH]c2ccccc12. The fraction of sp³-hybridized carbons (Fsp3) is 0.375. The van der Waals surface area contributed by atoms with Gasteiger partial charge in [-0.2, -0.15) is 0 Å². The minimum atomic E-state index is 0.0142. The molecule has 3 N–H and O–H groups in total. The van der Waals surface area contributed by atoms with Gasteiger partial charge in [0.05, 0.1) is 17.1 Å². The maximum atomic E-state index is 12.5. The van der Waals surface area contributed by atoms with Crippen LogP contribution >= 0.6 is 35.5 Å². The van der Waals surface area contributed by atoms with Crippen LogP contribution in [0.5, 0.6) is 0 Å². The Kier molecular flexibility index (Phi) is 7.88. The third-order valence-corrected chi connectivity index (χ3v) is 7.75. The van der Waals surface area contributed by atoms with Crippen molar-refractivity contribution in [1.29, 1.82) is 0 Å². The number of nitrogens with one attached hydrogen (secondary N) is 3. The maximum Gasteiger partial charge on any atom is 0.234 e. The number of aromatic nitrogens is 1. The number of carbonyl (C=O) groups is 1. The molecule has 0 bridgehead atoms. The van der Waals surface area contributed by atoms with Crippen LogP contribution in [-0.4, -0.2) is 22.7 Å². The van der Waals surface area contributed by atoms with Crippen molar-refractivity contribution in [1.82, 2.24) is 14.4 Å². The quantitative estimate of drug-likeness (QED) is 0.317. The lowest BCUT2D eigenvalue weighted by Gasteiger charge is -2.22. The Hall–Kier alpha value is -1.60. The fourth-order valence-corrected chi connectivity index (χ4v) is 5.58. The molecule has 3 aromatic rings. The molecule has 0 atom stereocenters. The third kappa shape index (κ3) is 5.61. The summed E-state index contributed by atoms with van der Waals surface area (Å²) in [4.78, 5) is 17.1. The van der Waals surface area contributed by atoms with E-state index in [4.69, 9.17) is 11.6 Å². The second-order valence-corrected chi connectivity index (χ2v) is 10.2. The summed E-state index contributed by atoms with van der Waals surface area (Å²) in [5.74, 6) is 0.860. The van der Waals surface area contributed by atoms with Crippen LogP contribution in [0.25, 0.3) is 22.2 Å². The molecule has 0 saturated heterocycles. The number of hydrogen-bond donors (Lipinski definition) is 3. The molecule has 164 valence electrons. The molecule has 1 aliphatic carbocycles. The van der Waals surface area contributed by atoms with Crippen LogP contribution in [-0.2, 0) is 11.2 Å². The second-order valence-electron chi connectivity index (χ2n) is 7.86. The normalized spacial score (nSPS) is 14.8. The van der Waals surface area contributed by atoms with E-state index in [-0.39, 0.29) is 5.91 Å². The Bertz CT molecular complexity index is 1050. The van der Waals surface area contributed by atoms with Gasteiger partial charge >= 0.3 is 0 Å². The zero-order valence-electron chi connectivity index (χ0n) is 17.7. The Morgan fingerprint density at radius 3 is 2.77 bits per heavy atom. The number of benzene rings is 2. The monoisotopic (exact) mass is 473 g/mol. The fourth-order valence-electron chi connectivity index (χ4n) is 4.08. The van der Waals surface area contributed by atoms with E-state index in [1.54, 1.807) is 11.9 Å². The van der Waals surface area contributed by atoms with Gasteiger partial charge in [0.25, 0.3) is 0 Å². The van der Waals surface area contributed by atoms with E-state index in [0.29, 0.717) is 12.5 Å². The lowest BCUT2D eigenvalue weighted by molar-refractivity contribution is -0.118. The summed E-state index contributed by atoms with van der Waals surface area (Å²) in [5, 5.41) is 1.82. The van der Waals surface area contributed by atoms with Crippen molar-refractivity contribution >= 4 is 52.3 Å². The first-order valence-electron chi connectivity index (χ1n) is 10.9. The Morgan fingerprint density at radius 1 is 1.16 bits per heavy atom. The van der Waals surface area contributed by atoms with Gasteiger partial charge in [-0.15, -0.1) is 0 Å². The van der Waals surface area contributed by atoms with Crippen molar-refractivity contribution in [2.45, 2.75) is 56.4 Å². The minimum Gasteiger partial charge on any atom is -0.354 e. The maximum absolute atomic E-state index is 12.5. The van der Waals surface area contributed by atoms with Crippen molar-refractivity contribution in [2.75, 3.05) is 5.75 Å². The molecule has 7 heteroatoms. The molecule has 0 radical (unpaired) electrons. The first kappa shape index (κ1) is 22.6. The molecule has 1 saturated carbocycles. The zero-order chi connectivity index (χ0) is 21.6. The lowest BCUT2D eigenvalue weighted by Crippen LogP contribution is -2.25. The van der Waals surface area contributed by atoms with E-state index < -0.39 is 0 Å². The highest BCUT2D eigenvalue weighted by Gasteiger charge is 2.18. The number of carbonyl (C=O) groups excluding carboxylic acids is 1. The number of fused-ring (bicyclic) bond motifs is 1. The summed E-state index contributed by atoms with van der Waals surface area (Å²) < 4.78 is 6.53. The van der Waals surface area contributed by atoms with Gasteiger partial charge in [-0.3, -0.25) is 14.2 Å². The Labute approximate surface area is 197 Å². The van der Waals surface area contributed by atoms with Gasteiger partial charge in [0.15, 0.2) is 0 Å². The Balaban J connectivity index is 1.62. The first-order valence-corrected chi connectivity index (χ1v) is 13.1. The minimum absolute atomic E-state index is 0.0142. The average Bonchev–Trinajstić information content (AvgIpc) is 3.16. The summed E-state index contributed by atoms with van der Waals surface area (Å²) in [5.41, 5.74) is 4.07. The van der Waals surface area contributed by atoms with E-state index >= 15 is 0 Å². The highest BCUT2D eigenvalue weighted by Crippen LogP contribution is 2.35. The van der Waals surface area contributed by atoms with Crippen molar-refractivity contribution in [3.63, 3.8) is 0 Å². The van der Waals surface area contributed by atoms with Gasteiger partial charge in [-0.05, 0) is 54.1 Å². The Morgan fingerprint density at radius 2 is 1.97 bits per heavy atom. The smallest absolute Gasteiger partial charge is 0.234 e. The number of amides is 1. The van der Waals surface area contributed by atoms with Crippen LogP contribution in [0.3, 0.4) is 0 Å². The lowest BCUT2D eigenvalue weighted by atomic mass is 9.96. The standard InChI is InChI=1S/C24H28ClN3OS2/c1-2-30-28-23(29)15-19-18-10-6-7-11-21(18)26-24(19)16-12-13-20(25)22(14-16)31-27-17-8-4-3-5-9-17/h6-7,10-14,17,26-27H,2-5,8-9,15H2,1H3,(H,28,29). The molecule has 1 heterocycles. The highest BCUT2D eigenvalue weighted by molar-refractivity contribution is 7.98. The zero-order valence-corrected chi connectivity index (χ0v) is 20.1. The van der Waals surface area contributed by atoms with E-state index in [1.807, 2.05) is 31.2 Å². The molecule has 0 spiro atoms. The number of para-hydroxylation sites is 1. The molecule has 1 aliphatic rings. The first-order chi connectivity index (χ1) is 15.2. The number of halogens is 1. The molecule has 31 heavy (non-hydrogen) atoms. The molecule has 1 aromatic heterocycles. The van der Waals surface area contributed by atoms with Crippen LogP contribution in [0.4, 0.5) is 0 Å². The molecule has 0 aliphatic heterocycles. The van der Waals surface area contributed by atoms with E-state index in [9.17, 15) is 4.79 Å². The summed E-state index contributed by atoms with van der Waals surface area (Å²) in [6.07, 6.45) is 6.71. The molecule has 2 aromatic carbocycles. The predicted molar refractivity (Wildman–Crippen MR) is 135 cm³/mol. The van der Waals surface area contributed by atoms with Crippen LogP contribution in [0.2, 0.25) is 5.02 Å². The summed E-state index contributed by atoms with van der Waals surface area (Å²) in [6.45, 7) is 2.02. The van der Waals surface area contributed by atoms with Gasteiger partial charge in [0.2, 0.25) is 5.91 Å². The highest BCUT2D eigenvalue weighted by atomic mass is 35.5. The predicted octanol–water partition coefficient (Wildman–Crippen LogP) is 6.74.